The fourth-order valence-electron chi connectivity index (χ4n) is 1.65. The van der Waals surface area contributed by atoms with Crippen LogP contribution in [0.3, 0.4) is 0 Å². The summed E-state index contributed by atoms with van der Waals surface area (Å²) in [5.41, 5.74) is 1.09. The lowest BCUT2D eigenvalue weighted by Gasteiger charge is -2.17. The van der Waals surface area contributed by atoms with Crippen molar-refractivity contribution in [3.05, 3.63) is 22.2 Å². The highest BCUT2D eigenvalue weighted by Gasteiger charge is 2.16. The lowest BCUT2D eigenvalue weighted by atomic mass is 10.2. The van der Waals surface area contributed by atoms with Gasteiger partial charge in [-0.3, -0.25) is 0 Å². The van der Waals surface area contributed by atoms with Crippen molar-refractivity contribution in [1.82, 2.24) is 5.32 Å². The van der Waals surface area contributed by atoms with Crippen LogP contribution in [0.5, 0.6) is 11.5 Å². The number of halogens is 1. The number of nitriles is 1. The Hall–Kier alpha value is -1.25. The van der Waals surface area contributed by atoms with Crippen LogP contribution in [0, 0.1) is 11.3 Å². The number of ether oxygens (including phenoxy) is 2. The van der Waals surface area contributed by atoms with Crippen LogP contribution >= 0.6 is 15.9 Å². The lowest BCUT2D eigenvalue weighted by Crippen LogP contribution is -2.14. The zero-order chi connectivity index (χ0) is 14.3. The molecule has 0 saturated heterocycles. The molecule has 0 aliphatic rings. The fraction of sp³-hybridized carbons (Fsp3) is 0.500. The highest BCUT2D eigenvalue weighted by atomic mass is 79.9. The normalized spacial score (nSPS) is 11.7. The van der Waals surface area contributed by atoms with Gasteiger partial charge in [0.25, 0.3) is 0 Å². The molecule has 5 heteroatoms. The first-order valence-electron chi connectivity index (χ1n) is 6.32. The topological polar surface area (TPSA) is 54.3 Å². The van der Waals surface area contributed by atoms with E-state index >= 15 is 0 Å². The summed E-state index contributed by atoms with van der Waals surface area (Å²) in [6.45, 7) is 5.13. The van der Waals surface area contributed by atoms with Crippen LogP contribution in [-0.4, -0.2) is 19.8 Å². The second-order valence-electron chi connectivity index (χ2n) is 4.01. The highest BCUT2D eigenvalue weighted by molar-refractivity contribution is 9.10. The van der Waals surface area contributed by atoms with Crippen molar-refractivity contribution < 1.29 is 9.47 Å². The summed E-state index contributed by atoms with van der Waals surface area (Å²) in [4.78, 5) is 0. The summed E-state index contributed by atoms with van der Waals surface area (Å²) in [7, 11) is 1.89. The number of benzene rings is 1. The second kappa shape index (κ2) is 8.03. The Morgan fingerprint density at radius 3 is 2.68 bits per heavy atom. The van der Waals surface area contributed by atoms with E-state index < -0.39 is 6.10 Å². The zero-order valence-corrected chi connectivity index (χ0v) is 13.1. The quantitative estimate of drug-likeness (QED) is 0.835. The second-order valence-corrected chi connectivity index (χ2v) is 4.87. The molecule has 0 spiro atoms. The summed E-state index contributed by atoms with van der Waals surface area (Å²) in [5.74, 6) is 1.26. The monoisotopic (exact) mass is 326 g/mol. The van der Waals surface area contributed by atoms with Crippen LogP contribution in [0.25, 0.3) is 0 Å². The van der Waals surface area contributed by atoms with E-state index in [1.807, 2.05) is 33.0 Å². The van der Waals surface area contributed by atoms with E-state index in [1.54, 1.807) is 0 Å². The molecule has 0 amide bonds. The average Bonchev–Trinajstić information content (AvgIpc) is 2.39. The molecule has 0 aliphatic carbocycles. The van der Waals surface area contributed by atoms with Crippen LogP contribution in [-0.2, 0) is 6.54 Å². The maximum atomic E-state index is 9.00. The van der Waals surface area contributed by atoms with Gasteiger partial charge in [-0.05, 0) is 54.0 Å². The van der Waals surface area contributed by atoms with Crippen molar-refractivity contribution in [1.29, 1.82) is 5.26 Å². The van der Waals surface area contributed by atoms with Gasteiger partial charge in [0.1, 0.15) is 6.07 Å². The largest absolute Gasteiger partial charge is 0.490 e. The summed E-state index contributed by atoms with van der Waals surface area (Å²) in [5, 5.41) is 12.1. The molecule has 0 saturated carbocycles. The van der Waals surface area contributed by atoms with E-state index in [0.29, 0.717) is 24.5 Å². The van der Waals surface area contributed by atoms with Gasteiger partial charge in [0, 0.05) is 6.54 Å². The Morgan fingerprint density at radius 2 is 2.16 bits per heavy atom. The van der Waals surface area contributed by atoms with E-state index in [9.17, 15) is 0 Å². The van der Waals surface area contributed by atoms with Crippen molar-refractivity contribution >= 4 is 15.9 Å². The summed E-state index contributed by atoms with van der Waals surface area (Å²) in [6.07, 6.45) is 0.165. The van der Waals surface area contributed by atoms with Crippen LogP contribution in [0.1, 0.15) is 25.8 Å². The molecule has 0 fully saturated rings. The third kappa shape index (κ3) is 4.41. The Balaban J connectivity index is 3.10. The van der Waals surface area contributed by atoms with Gasteiger partial charge in [0.15, 0.2) is 17.6 Å². The standard InChI is InChI=1S/C14H19BrN2O2/c1-4-11(8-16)19-14-12(15)6-10(9-17-3)7-13(14)18-5-2/h6-7,11,17H,4-5,9H2,1-3H3. The minimum Gasteiger partial charge on any atom is -0.490 e. The first-order valence-corrected chi connectivity index (χ1v) is 7.11. The molecular formula is C14H19BrN2O2. The van der Waals surface area contributed by atoms with Gasteiger partial charge in [-0.25, -0.2) is 0 Å². The molecule has 4 nitrogen and oxygen atoms in total. The van der Waals surface area contributed by atoms with E-state index in [2.05, 4.69) is 27.3 Å². The molecule has 1 atom stereocenters. The third-order valence-electron chi connectivity index (χ3n) is 2.52. The highest BCUT2D eigenvalue weighted by Crippen LogP contribution is 2.37. The molecule has 0 bridgehead atoms. The van der Waals surface area contributed by atoms with Gasteiger partial charge in [-0.2, -0.15) is 5.26 Å². The van der Waals surface area contributed by atoms with Gasteiger partial charge in [0.05, 0.1) is 11.1 Å². The van der Waals surface area contributed by atoms with Gasteiger partial charge in [0.2, 0.25) is 0 Å². The van der Waals surface area contributed by atoms with E-state index in [4.69, 9.17) is 14.7 Å². The number of hydrogen-bond donors (Lipinski definition) is 1. The maximum Gasteiger partial charge on any atom is 0.184 e. The Kier molecular flexibility index (Phi) is 6.68. The molecule has 0 aromatic heterocycles. The molecule has 1 aromatic rings. The van der Waals surface area contributed by atoms with Crippen molar-refractivity contribution in [2.24, 2.45) is 0 Å². The molecule has 0 radical (unpaired) electrons. The Labute approximate surface area is 122 Å². The Morgan fingerprint density at radius 1 is 1.42 bits per heavy atom. The molecule has 104 valence electrons. The molecular weight excluding hydrogens is 308 g/mol. The number of nitrogens with one attached hydrogen (secondary N) is 1. The molecule has 0 aliphatic heterocycles. The smallest absolute Gasteiger partial charge is 0.184 e. The summed E-state index contributed by atoms with van der Waals surface area (Å²) >= 11 is 3.48. The van der Waals surface area contributed by atoms with Crippen molar-refractivity contribution in [2.75, 3.05) is 13.7 Å². The number of hydrogen-bond acceptors (Lipinski definition) is 4. The average molecular weight is 327 g/mol. The predicted molar refractivity (Wildman–Crippen MR) is 78.4 cm³/mol. The van der Waals surface area contributed by atoms with Gasteiger partial charge < -0.3 is 14.8 Å². The molecule has 19 heavy (non-hydrogen) atoms. The first kappa shape index (κ1) is 15.8. The van der Waals surface area contributed by atoms with Crippen molar-refractivity contribution in [2.45, 2.75) is 32.9 Å². The maximum absolute atomic E-state index is 9.00. The minimum absolute atomic E-state index is 0.467. The summed E-state index contributed by atoms with van der Waals surface area (Å²) in [6, 6.07) is 6.03. The van der Waals surface area contributed by atoms with E-state index in [1.165, 1.54) is 0 Å². The first-order chi connectivity index (χ1) is 9.15. The Bertz CT molecular complexity index is 457. The lowest BCUT2D eigenvalue weighted by molar-refractivity contribution is 0.230. The van der Waals surface area contributed by atoms with Crippen molar-refractivity contribution in [3.63, 3.8) is 0 Å². The van der Waals surface area contributed by atoms with Crippen LogP contribution in [0.2, 0.25) is 0 Å². The SMILES string of the molecule is CCOc1cc(CNC)cc(Br)c1OC(C#N)CC. The number of nitrogens with zero attached hydrogens (tertiary/aromatic N) is 1. The minimum atomic E-state index is -0.467. The molecule has 1 N–H and O–H groups in total. The van der Waals surface area contributed by atoms with Crippen LogP contribution in [0.4, 0.5) is 0 Å². The van der Waals surface area contributed by atoms with Crippen LogP contribution < -0.4 is 14.8 Å². The molecule has 1 unspecified atom stereocenters. The van der Waals surface area contributed by atoms with Gasteiger partial charge >= 0.3 is 0 Å². The molecule has 1 aromatic carbocycles. The van der Waals surface area contributed by atoms with Crippen LogP contribution in [0.15, 0.2) is 16.6 Å². The molecule has 0 heterocycles. The summed E-state index contributed by atoms with van der Waals surface area (Å²) < 4.78 is 12.1. The predicted octanol–water partition coefficient (Wildman–Crippen LogP) is 3.25. The molecule has 1 rings (SSSR count). The number of rotatable bonds is 7. The fourth-order valence-corrected chi connectivity index (χ4v) is 2.23. The van der Waals surface area contributed by atoms with E-state index in [0.717, 1.165) is 16.6 Å². The van der Waals surface area contributed by atoms with E-state index in [-0.39, 0.29) is 0 Å². The zero-order valence-electron chi connectivity index (χ0n) is 11.5. The van der Waals surface area contributed by atoms with Crippen molar-refractivity contribution in [3.8, 4) is 17.6 Å². The third-order valence-corrected chi connectivity index (χ3v) is 3.11. The van der Waals surface area contributed by atoms with Gasteiger partial charge in [-0.15, -0.1) is 0 Å². The van der Waals surface area contributed by atoms with Gasteiger partial charge in [-0.1, -0.05) is 6.92 Å².